The minimum Gasteiger partial charge on any atom is -0.310 e. The minimum absolute atomic E-state index is 0.260. The summed E-state index contributed by atoms with van der Waals surface area (Å²) in [7, 11) is 0. The molecular formula is C41H34F2N2. The molecule has 0 spiro atoms. The van der Waals surface area contributed by atoms with Crippen LogP contribution in [-0.4, -0.2) is 0 Å². The summed E-state index contributed by atoms with van der Waals surface area (Å²) in [6.07, 6.45) is 0. The van der Waals surface area contributed by atoms with Crippen LogP contribution in [0.5, 0.6) is 0 Å². The maximum absolute atomic E-state index is 14.0. The van der Waals surface area contributed by atoms with Crippen LogP contribution in [0.1, 0.15) is 36.1 Å². The highest BCUT2D eigenvalue weighted by molar-refractivity contribution is 5.88. The second-order valence-electron chi connectivity index (χ2n) is 12.4. The van der Waals surface area contributed by atoms with Gasteiger partial charge in [-0.05, 0) is 144 Å². The van der Waals surface area contributed by atoms with Crippen LogP contribution in [-0.2, 0) is 5.41 Å². The predicted octanol–water partition coefficient (Wildman–Crippen LogP) is 11.8. The van der Waals surface area contributed by atoms with Crippen molar-refractivity contribution in [1.29, 1.82) is 0 Å². The van der Waals surface area contributed by atoms with Crippen LogP contribution in [0.15, 0.2) is 133 Å². The first-order chi connectivity index (χ1) is 21.7. The van der Waals surface area contributed by atoms with E-state index in [0.29, 0.717) is 0 Å². The highest BCUT2D eigenvalue weighted by Gasteiger charge is 2.37. The maximum Gasteiger partial charge on any atom is 0.123 e. The first-order valence-corrected chi connectivity index (χ1v) is 15.2. The standard InChI is InChI=1S/C41H34F2N2/c1-27-7-5-9-33(23-27)44(31-15-11-29(42)12-16-31)35-19-21-37-38-22-20-36(26-40(38)41(3,4)39(37)25-35)45(32-17-13-30(43)14-18-32)34-10-6-8-28(2)24-34/h5-26H,1-4H3. The molecule has 4 heteroatoms. The van der Waals surface area contributed by atoms with Crippen molar-refractivity contribution in [2.75, 3.05) is 9.80 Å². The molecule has 0 atom stereocenters. The maximum atomic E-state index is 14.0. The molecule has 7 rings (SSSR count). The van der Waals surface area contributed by atoms with E-state index >= 15 is 0 Å². The Morgan fingerprint density at radius 3 is 1.16 bits per heavy atom. The van der Waals surface area contributed by atoms with Crippen molar-refractivity contribution >= 4 is 34.1 Å². The van der Waals surface area contributed by atoms with E-state index in [0.717, 1.165) is 45.3 Å². The molecule has 0 amide bonds. The third kappa shape index (κ3) is 5.17. The Labute approximate surface area is 263 Å². The third-order valence-corrected chi connectivity index (χ3v) is 8.85. The Morgan fingerprint density at radius 1 is 0.422 bits per heavy atom. The summed E-state index contributed by atoms with van der Waals surface area (Å²) in [5.74, 6) is -0.519. The molecule has 45 heavy (non-hydrogen) atoms. The topological polar surface area (TPSA) is 6.48 Å². The number of hydrogen-bond acceptors (Lipinski definition) is 2. The Bertz CT molecular complexity index is 1880. The molecule has 0 radical (unpaired) electrons. The van der Waals surface area contributed by atoms with Crippen LogP contribution in [0.4, 0.5) is 42.9 Å². The lowest BCUT2D eigenvalue weighted by molar-refractivity contribution is 0.627. The highest BCUT2D eigenvalue weighted by Crippen LogP contribution is 2.52. The predicted molar refractivity (Wildman–Crippen MR) is 183 cm³/mol. The summed E-state index contributed by atoms with van der Waals surface area (Å²) >= 11 is 0. The molecule has 0 unspecified atom stereocenters. The monoisotopic (exact) mass is 592 g/mol. The summed E-state index contributed by atoms with van der Waals surface area (Å²) < 4.78 is 27.9. The van der Waals surface area contributed by atoms with Crippen molar-refractivity contribution in [3.8, 4) is 11.1 Å². The van der Waals surface area contributed by atoms with E-state index < -0.39 is 0 Å². The van der Waals surface area contributed by atoms with Crippen molar-refractivity contribution in [1.82, 2.24) is 0 Å². The zero-order chi connectivity index (χ0) is 31.3. The van der Waals surface area contributed by atoms with Gasteiger partial charge in [0.05, 0.1) is 0 Å². The molecule has 0 heterocycles. The number of rotatable bonds is 6. The van der Waals surface area contributed by atoms with Crippen molar-refractivity contribution in [3.05, 3.63) is 167 Å². The van der Waals surface area contributed by atoms with E-state index in [4.69, 9.17) is 0 Å². The van der Waals surface area contributed by atoms with Gasteiger partial charge >= 0.3 is 0 Å². The quantitative estimate of drug-likeness (QED) is 0.190. The molecular weight excluding hydrogens is 558 g/mol. The first-order valence-electron chi connectivity index (χ1n) is 15.2. The Morgan fingerprint density at radius 2 is 0.778 bits per heavy atom. The van der Waals surface area contributed by atoms with Gasteiger partial charge in [0.15, 0.2) is 0 Å². The van der Waals surface area contributed by atoms with Gasteiger partial charge in [-0.1, -0.05) is 50.2 Å². The SMILES string of the molecule is Cc1cccc(N(c2ccc(F)cc2)c2ccc3c(c2)C(C)(C)c2cc(N(c4ccc(F)cc4)c4cccc(C)c4)ccc2-3)c1. The van der Waals surface area contributed by atoms with Gasteiger partial charge in [-0.2, -0.15) is 0 Å². The van der Waals surface area contributed by atoms with Gasteiger partial charge in [0.2, 0.25) is 0 Å². The van der Waals surface area contributed by atoms with Gasteiger partial charge in [-0.25, -0.2) is 8.78 Å². The molecule has 2 nitrogen and oxygen atoms in total. The fraction of sp³-hybridized carbons (Fsp3) is 0.122. The lowest BCUT2D eigenvalue weighted by atomic mass is 9.82. The molecule has 1 aliphatic carbocycles. The number of anilines is 6. The molecule has 0 aromatic heterocycles. The van der Waals surface area contributed by atoms with Gasteiger partial charge < -0.3 is 9.80 Å². The number of fused-ring (bicyclic) bond motifs is 3. The van der Waals surface area contributed by atoms with E-state index in [1.54, 1.807) is 0 Å². The second kappa shape index (κ2) is 11.0. The Kier molecular flexibility index (Phi) is 7.01. The fourth-order valence-electron chi connectivity index (χ4n) is 6.60. The van der Waals surface area contributed by atoms with Crippen molar-refractivity contribution < 1.29 is 8.78 Å². The average Bonchev–Trinajstić information content (AvgIpc) is 3.25. The Hall–Kier alpha value is -5.22. The van der Waals surface area contributed by atoms with E-state index in [-0.39, 0.29) is 17.0 Å². The number of nitrogens with zero attached hydrogens (tertiary/aromatic N) is 2. The minimum atomic E-state index is -0.293. The summed E-state index contributed by atoms with van der Waals surface area (Å²) in [6, 6.07) is 43.4. The van der Waals surface area contributed by atoms with E-state index in [1.807, 2.05) is 24.3 Å². The van der Waals surface area contributed by atoms with Crippen LogP contribution < -0.4 is 9.80 Å². The zero-order valence-corrected chi connectivity index (χ0v) is 25.9. The zero-order valence-electron chi connectivity index (χ0n) is 25.9. The van der Waals surface area contributed by atoms with Crippen LogP contribution in [0.2, 0.25) is 0 Å². The van der Waals surface area contributed by atoms with Gasteiger partial charge in [-0.15, -0.1) is 0 Å². The number of benzene rings is 6. The van der Waals surface area contributed by atoms with Crippen molar-refractivity contribution in [3.63, 3.8) is 0 Å². The molecule has 0 fully saturated rings. The third-order valence-electron chi connectivity index (χ3n) is 8.85. The van der Waals surface area contributed by atoms with Crippen LogP contribution in [0.3, 0.4) is 0 Å². The van der Waals surface area contributed by atoms with Crippen LogP contribution >= 0.6 is 0 Å². The molecule has 0 saturated heterocycles. The first kappa shape index (κ1) is 28.5. The molecule has 0 bridgehead atoms. The molecule has 6 aromatic carbocycles. The van der Waals surface area contributed by atoms with Gasteiger partial charge in [-0.3, -0.25) is 0 Å². The lowest BCUT2D eigenvalue weighted by Crippen LogP contribution is -2.17. The summed E-state index contributed by atoms with van der Waals surface area (Å²) in [4.78, 5) is 4.37. The number of hydrogen-bond donors (Lipinski definition) is 0. The molecule has 222 valence electrons. The van der Waals surface area contributed by atoms with Crippen molar-refractivity contribution in [2.24, 2.45) is 0 Å². The molecule has 6 aromatic rings. The molecule has 0 aliphatic heterocycles. The summed E-state index contributed by atoms with van der Waals surface area (Å²) in [5, 5.41) is 0. The van der Waals surface area contributed by atoms with Gasteiger partial charge in [0.25, 0.3) is 0 Å². The van der Waals surface area contributed by atoms with E-state index in [9.17, 15) is 8.78 Å². The lowest BCUT2D eigenvalue weighted by Gasteiger charge is -2.29. The Balaban J connectivity index is 1.34. The van der Waals surface area contributed by atoms with Gasteiger partial charge in [0.1, 0.15) is 11.6 Å². The molecule has 0 saturated carbocycles. The average molecular weight is 593 g/mol. The molecule has 1 aliphatic rings. The second-order valence-corrected chi connectivity index (χ2v) is 12.4. The van der Waals surface area contributed by atoms with Crippen LogP contribution in [0, 0.1) is 25.5 Å². The van der Waals surface area contributed by atoms with E-state index in [1.165, 1.54) is 46.5 Å². The normalized spacial score (nSPS) is 12.8. The summed E-state index contributed by atoms with van der Waals surface area (Å²) in [5.41, 5.74) is 12.7. The number of halogens is 2. The molecule has 0 N–H and O–H groups in total. The van der Waals surface area contributed by atoms with E-state index in [2.05, 4.69) is 122 Å². The highest BCUT2D eigenvalue weighted by atomic mass is 19.1. The van der Waals surface area contributed by atoms with Gasteiger partial charge in [0, 0.05) is 39.5 Å². The largest absolute Gasteiger partial charge is 0.310 e. The smallest absolute Gasteiger partial charge is 0.123 e. The van der Waals surface area contributed by atoms with Crippen molar-refractivity contribution in [2.45, 2.75) is 33.1 Å². The summed E-state index contributed by atoms with van der Waals surface area (Å²) in [6.45, 7) is 8.71. The fourth-order valence-corrected chi connectivity index (χ4v) is 6.60. The van der Waals surface area contributed by atoms with Crippen LogP contribution in [0.25, 0.3) is 11.1 Å². The number of aryl methyl sites for hydroxylation is 2.